The zero-order valence-corrected chi connectivity index (χ0v) is 19.8. The van der Waals surface area contributed by atoms with Crippen LogP contribution in [0.4, 0.5) is 0 Å². The van der Waals surface area contributed by atoms with Gasteiger partial charge in [0.05, 0.1) is 6.54 Å². The molecule has 0 unspecified atom stereocenters. The molecule has 2 aliphatic heterocycles. The number of nitrogens with zero attached hydrogens (tertiary/aromatic N) is 3. The predicted molar refractivity (Wildman–Crippen MR) is 134 cm³/mol. The summed E-state index contributed by atoms with van der Waals surface area (Å²) in [4.78, 5) is 34.5. The Morgan fingerprint density at radius 3 is 2.62 bits per heavy atom. The molecular formula is C28H32N4O2. The molecule has 0 radical (unpaired) electrons. The van der Waals surface area contributed by atoms with Crippen molar-refractivity contribution >= 4 is 22.6 Å². The van der Waals surface area contributed by atoms with Gasteiger partial charge in [0.2, 0.25) is 5.91 Å². The van der Waals surface area contributed by atoms with Crippen LogP contribution in [0.15, 0.2) is 48.7 Å². The number of aromatic nitrogens is 1. The Morgan fingerprint density at radius 2 is 1.79 bits per heavy atom. The second-order valence-corrected chi connectivity index (χ2v) is 9.48. The third kappa shape index (κ3) is 4.82. The third-order valence-corrected chi connectivity index (χ3v) is 7.16. The molecule has 1 fully saturated rings. The van der Waals surface area contributed by atoms with Crippen molar-refractivity contribution in [2.45, 2.75) is 45.7 Å². The summed E-state index contributed by atoms with van der Waals surface area (Å²) in [6, 6.07) is 14.0. The van der Waals surface area contributed by atoms with Gasteiger partial charge in [0.15, 0.2) is 0 Å². The second kappa shape index (κ2) is 9.94. The summed E-state index contributed by atoms with van der Waals surface area (Å²) in [5.74, 6) is 0.121. The number of rotatable bonds is 5. The molecule has 6 nitrogen and oxygen atoms in total. The summed E-state index contributed by atoms with van der Waals surface area (Å²) in [5.41, 5.74) is 5.07. The number of likely N-dealkylation sites (tertiary alicyclic amines) is 1. The summed E-state index contributed by atoms with van der Waals surface area (Å²) in [6.07, 6.45) is 6.28. The van der Waals surface area contributed by atoms with Gasteiger partial charge in [-0.25, -0.2) is 0 Å². The van der Waals surface area contributed by atoms with Gasteiger partial charge in [0.25, 0.3) is 5.91 Å². The largest absolute Gasteiger partial charge is 0.351 e. The fraction of sp³-hybridized carbons (Fsp3) is 0.393. The van der Waals surface area contributed by atoms with Gasteiger partial charge in [0.1, 0.15) is 0 Å². The molecule has 0 atom stereocenters. The number of benzene rings is 2. The Hall–Kier alpha value is -3.25. The van der Waals surface area contributed by atoms with Gasteiger partial charge in [-0.05, 0) is 78.9 Å². The average molecular weight is 457 g/mol. The standard InChI is InChI=1S/C28H32N4O2/c1-20-26(17-30-27(33)19-31-12-5-2-6-13-31)25-11-14-32(18-24(25)16-29-20)28(34)23-10-9-21-7-3-4-8-22(21)15-23/h3-4,7-10,15-16H,2,5-6,11-14,17-19H2,1H3,(H,30,33). The van der Waals surface area contributed by atoms with Crippen molar-refractivity contribution in [2.75, 3.05) is 26.2 Å². The Morgan fingerprint density at radius 1 is 1.00 bits per heavy atom. The normalized spacial score (nSPS) is 16.3. The van der Waals surface area contributed by atoms with E-state index in [1.807, 2.05) is 54.4 Å². The van der Waals surface area contributed by atoms with Gasteiger partial charge in [-0.15, -0.1) is 0 Å². The van der Waals surface area contributed by atoms with E-state index in [0.717, 1.165) is 47.1 Å². The van der Waals surface area contributed by atoms with Gasteiger partial charge in [-0.2, -0.15) is 0 Å². The highest BCUT2D eigenvalue weighted by Gasteiger charge is 2.25. The zero-order chi connectivity index (χ0) is 23.5. The molecule has 1 N–H and O–H groups in total. The monoisotopic (exact) mass is 456 g/mol. The first kappa shape index (κ1) is 22.5. The van der Waals surface area contributed by atoms with E-state index in [2.05, 4.69) is 21.3 Å². The van der Waals surface area contributed by atoms with Gasteiger partial charge in [-0.3, -0.25) is 19.5 Å². The minimum Gasteiger partial charge on any atom is -0.351 e. The molecular weight excluding hydrogens is 424 g/mol. The summed E-state index contributed by atoms with van der Waals surface area (Å²) in [6.45, 7) is 6.19. The van der Waals surface area contributed by atoms with E-state index in [1.165, 1.54) is 24.8 Å². The predicted octanol–water partition coefficient (Wildman–Crippen LogP) is 3.84. The minimum absolute atomic E-state index is 0.0494. The lowest BCUT2D eigenvalue weighted by Gasteiger charge is -2.31. The number of carbonyl (C=O) groups is 2. The number of hydrogen-bond donors (Lipinski definition) is 1. The molecule has 0 spiro atoms. The number of pyridine rings is 1. The molecule has 6 heteroatoms. The highest BCUT2D eigenvalue weighted by Crippen LogP contribution is 2.26. The summed E-state index contributed by atoms with van der Waals surface area (Å²) < 4.78 is 0. The van der Waals surface area contributed by atoms with E-state index in [9.17, 15) is 9.59 Å². The van der Waals surface area contributed by atoms with Crippen LogP contribution in [0.3, 0.4) is 0 Å². The number of nitrogens with one attached hydrogen (secondary N) is 1. The number of fused-ring (bicyclic) bond motifs is 2. The Bertz CT molecular complexity index is 1220. The van der Waals surface area contributed by atoms with E-state index in [0.29, 0.717) is 31.7 Å². The van der Waals surface area contributed by atoms with Crippen molar-refractivity contribution in [3.8, 4) is 0 Å². The van der Waals surface area contributed by atoms with E-state index in [1.54, 1.807) is 0 Å². The van der Waals surface area contributed by atoms with Gasteiger partial charge in [0, 0.05) is 37.1 Å². The van der Waals surface area contributed by atoms with Crippen LogP contribution >= 0.6 is 0 Å². The summed E-state index contributed by atoms with van der Waals surface area (Å²) in [5, 5.41) is 5.32. The Labute approximate surface area is 201 Å². The highest BCUT2D eigenvalue weighted by atomic mass is 16.2. The van der Waals surface area contributed by atoms with Crippen molar-refractivity contribution in [3.63, 3.8) is 0 Å². The van der Waals surface area contributed by atoms with Gasteiger partial charge in [-0.1, -0.05) is 36.8 Å². The molecule has 176 valence electrons. The Balaban J connectivity index is 1.27. The molecule has 1 saturated heterocycles. The number of aryl methyl sites for hydroxylation is 1. The van der Waals surface area contributed by atoms with Crippen molar-refractivity contribution < 1.29 is 9.59 Å². The molecule has 2 aromatic carbocycles. The van der Waals surface area contributed by atoms with Crippen LogP contribution in [0.5, 0.6) is 0 Å². The fourth-order valence-electron chi connectivity index (χ4n) is 5.20. The minimum atomic E-state index is 0.0494. The fourth-order valence-corrected chi connectivity index (χ4v) is 5.20. The van der Waals surface area contributed by atoms with Crippen LogP contribution in [-0.2, 0) is 24.3 Å². The van der Waals surface area contributed by atoms with Gasteiger partial charge < -0.3 is 10.2 Å². The lowest BCUT2D eigenvalue weighted by molar-refractivity contribution is -0.122. The molecule has 0 saturated carbocycles. The van der Waals surface area contributed by atoms with Crippen LogP contribution in [0, 0.1) is 6.92 Å². The van der Waals surface area contributed by atoms with Crippen molar-refractivity contribution in [3.05, 3.63) is 76.6 Å². The molecule has 2 amide bonds. The number of carbonyl (C=O) groups excluding carboxylic acids is 2. The number of amides is 2. The SMILES string of the molecule is Cc1ncc2c(c1CNC(=O)CN1CCCCC1)CCN(C(=O)c1ccc3ccccc3c1)C2. The number of hydrogen-bond acceptors (Lipinski definition) is 4. The highest BCUT2D eigenvalue weighted by molar-refractivity contribution is 5.98. The van der Waals surface area contributed by atoms with Crippen molar-refractivity contribution in [1.82, 2.24) is 20.1 Å². The molecule has 0 aliphatic carbocycles. The summed E-state index contributed by atoms with van der Waals surface area (Å²) in [7, 11) is 0. The quantitative estimate of drug-likeness (QED) is 0.634. The van der Waals surface area contributed by atoms with Crippen molar-refractivity contribution in [2.24, 2.45) is 0 Å². The van der Waals surface area contributed by atoms with E-state index in [4.69, 9.17) is 0 Å². The van der Waals surface area contributed by atoms with Crippen molar-refractivity contribution in [1.29, 1.82) is 0 Å². The average Bonchev–Trinajstić information content (AvgIpc) is 2.87. The van der Waals surface area contributed by atoms with Crippen LogP contribution in [-0.4, -0.2) is 52.8 Å². The van der Waals surface area contributed by atoms with E-state index >= 15 is 0 Å². The zero-order valence-electron chi connectivity index (χ0n) is 19.8. The van der Waals surface area contributed by atoms with Crippen LogP contribution in [0.2, 0.25) is 0 Å². The van der Waals surface area contributed by atoms with Gasteiger partial charge >= 0.3 is 0 Å². The molecule has 3 heterocycles. The maximum atomic E-state index is 13.3. The third-order valence-electron chi connectivity index (χ3n) is 7.16. The first-order chi connectivity index (χ1) is 16.6. The number of piperidine rings is 1. The van der Waals surface area contributed by atoms with Crippen LogP contribution in [0.25, 0.3) is 10.8 Å². The van der Waals surface area contributed by atoms with Crippen LogP contribution in [0.1, 0.15) is 52.0 Å². The molecule has 1 aromatic heterocycles. The van der Waals surface area contributed by atoms with E-state index < -0.39 is 0 Å². The topological polar surface area (TPSA) is 65.5 Å². The molecule has 34 heavy (non-hydrogen) atoms. The summed E-state index contributed by atoms with van der Waals surface area (Å²) >= 11 is 0. The smallest absolute Gasteiger partial charge is 0.254 e. The lowest BCUT2D eigenvalue weighted by Crippen LogP contribution is -2.40. The molecule has 5 rings (SSSR count). The second-order valence-electron chi connectivity index (χ2n) is 9.48. The molecule has 3 aromatic rings. The first-order valence-corrected chi connectivity index (χ1v) is 12.3. The molecule has 2 aliphatic rings. The molecule has 0 bridgehead atoms. The first-order valence-electron chi connectivity index (χ1n) is 12.3. The Kier molecular flexibility index (Phi) is 6.59. The maximum Gasteiger partial charge on any atom is 0.254 e. The van der Waals surface area contributed by atoms with Crippen LogP contribution < -0.4 is 5.32 Å². The lowest BCUT2D eigenvalue weighted by atomic mass is 9.94. The van der Waals surface area contributed by atoms with E-state index in [-0.39, 0.29) is 11.8 Å². The maximum absolute atomic E-state index is 13.3.